The Hall–Kier alpha value is -2.36. The predicted octanol–water partition coefficient (Wildman–Crippen LogP) is 3.26. The maximum Gasteiger partial charge on any atom is 0.158 e. The normalized spacial score (nSPS) is 12.3. The summed E-state index contributed by atoms with van der Waals surface area (Å²) in [4.78, 5) is 0. The highest BCUT2D eigenvalue weighted by Gasteiger charge is 2.07. The summed E-state index contributed by atoms with van der Waals surface area (Å²) in [6, 6.07) is 22.3. The number of benzene rings is 2. The van der Waals surface area contributed by atoms with Crippen LogP contribution < -0.4 is 5.32 Å². The Morgan fingerprint density at radius 2 is 1.65 bits per heavy atom. The van der Waals surface area contributed by atoms with Crippen LogP contribution in [0.2, 0.25) is 0 Å². The van der Waals surface area contributed by atoms with E-state index in [0.717, 1.165) is 35.7 Å². The number of rotatable bonds is 6. The standard InChI is InChI=1S/C20H21NO2/c1-15(22)17-7-9-18(10-8-17)20-12-11-19(23-20)14-21-13-16-5-3-2-4-6-16/h2-12,15,21-22H,13-14H2,1H3/p+1/t15-/m0/s1. The van der Waals surface area contributed by atoms with Gasteiger partial charge >= 0.3 is 0 Å². The molecular formula is C20H22NO2+. The minimum absolute atomic E-state index is 0.441. The van der Waals surface area contributed by atoms with Crippen molar-refractivity contribution in [3.05, 3.63) is 83.6 Å². The van der Waals surface area contributed by atoms with Crippen LogP contribution in [0.15, 0.2) is 71.1 Å². The Bertz CT molecular complexity index is 730. The first-order chi connectivity index (χ1) is 11.2. The van der Waals surface area contributed by atoms with Crippen molar-refractivity contribution < 1.29 is 14.8 Å². The first kappa shape index (κ1) is 15.5. The molecule has 0 spiro atoms. The number of nitrogens with two attached hydrogens (primary N) is 1. The first-order valence-electron chi connectivity index (χ1n) is 7.95. The van der Waals surface area contributed by atoms with E-state index in [1.54, 1.807) is 6.92 Å². The van der Waals surface area contributed by atoms with Gasteiger partial charge in [-0.15, -0.1) is 0 Å². The Balaban J connectivity index is 1.59. The molecule has 0 amide bonds. The van der Waals surface area contributed by atoms with E-state index in [9.17, 15) is 5.11 Å². The van der Waals surface area contributed by atoms with Crippen LogP contribution in [0.25, 0.3) is 11.3 Å². The van der Waals surface area contributed by atoms with Crippen molar-refractivity contribution in [1.29, 1.82) is 0 Å². The predicted molar refractivity (Wildman–Crippen MR) is 90.6 cm³/mol. The fourth-order valence-corrected chi connectivity index (χ4v) is 2.56. The van der Waals surface area contributed by atoms with Gasteiger partial charge < -0.3 is 14.8 Å². The molecule has 0 saturated carbocycles. The minimum Gasteiger partial charge on any atom is -0.455 e. The van der Waals surface area contributed by atoms with Crippen molar-refractivity contribution in [2.75, 3.05) is 0 Å². The van der Waals surface area contributed by atoms with Gasteiger partial charge in [-0.25, -0.2) is 0 Å². The van der Waals surface area contributed by atoms with Gasteiger partial charge in [-0.3, -0.25) is 0 Å². The average Bonchev–Trinajstić information content (AvgIpc) is 3.05. The molecule has 0 aliphatic heterocycles. The molecule has 0 saturated heterocycles. The molecule has 118 valence electrons. The van der Waals surface area contributed by atoms with Crippen LogP contribution in [0.1, 0.15) is 29.9 Å². The summed E-state index contributed by atoms with van der Waals surface area (Å²) in [5.74, 6) is 1.83. The number of hydrogen-bond acceptors (Lipinski definition) is 2. The van der Waals surface area contributed by atoms with Gasteiger partial charge in [0.15, 0.2) is 5.76 Å². The highest BCUT2D eigenvalue weighted by molar-refractivity contribution is 5.58. The van der Waals surface area contributed by atoms with Crippen molar-refractivity contribution in [3.63, 3.8) is 0 Å². The Morgan fingerprint density at radius 3 is 2.35 bits per heavy atom. The third-order valence-corrected chi connectivity index (χ3v) is 3.91. The molecule has 3 nitrogen and oxygen atoms in total. The lowest BCUT2D eigenvalue weighted by Gasteiger charge is -2.04. The summed E-state index contributed by atoms with van der Waals surface area (Å²) < 4.78 is 5.91. The molecule has 3 heteroatoms. The molecule has 0 aliphatic carbocycles. The van der Waals surface area contributed by atoms with Crippen molar-refractivity contribution in [3.8, 4) is 11.3 Å². The smallest absolute Gasteiger partial charge is 0.158 e. The third-order valence-electron chi connectivity index (χ3n) is 3.91. The van der Waals surface area contributed by atoms with Gasteiger partial charge in [-0.1, -0.05) is 54.6 Å². The van der Waals surface area contributed by atoms with Gasteiger partial charge in [0.05, 0.1) is 6.10 Å². The molecule has 1 heterocycles. The highest BCUT2D eigenvalue weighted by atomic mass is 16.3. The van der Waals surface area contributed by atoms with Gasteiger partial charge in [-0.2, -0.15) is 0 Å². The number of aliphatic hydroxyl groups excluding tert-OH is 1. The fourth-order valence-electron chi connectivity index (χ4n) is 2.56. The zero-order chi connectivity index (χ0) is 16.1. The molecule has 1 aromatic heterocycles. The SMILES string of the molecule is C[C@H](O)c1ccc(-c2ccc(C[NH2+]Cc3ccccc3)o2)cc1. The third kappa shape index (κ3) is 4.09. The van der Waals surface area contributed by atoms with Crippen LogP contribution in [0.3, 0.4) is 0 Å². The van der Waals surface area contributed by atoms with E-state index < -0.39 is 6.10 Å². The van der Waals surface area contributed by atoms with Crippen LogP contribution in [0, 0.1) is 0 Å². The van der Waals surface area contributed by atoms with Crippen molar-refractivity contribution in [2.24, 2.45) is 0 Å². The lowest BCUT2D eigenvalue weighted by atomic mass is 10.1. The lowest BCUT2D eigenvalue weighted by molar-refractivity contribution is -0.687. The van der Waals surface area contributed by atoms with Gasteiger partial charge in [0.25, 0.3) is 0 Å². The van der Waals surface area contributed by atoms with Crippen LogP contribution in [0.5, 0.6) is 0 Å². The quantitative estimate of drug-likeness (QED) is 0.734. The molecule has 3 N–H and O–H groups in total. The second-order valence-corrected chi connectivity index (χ2v) is 5.75. The molecule has 3 aromatic rings. The number of aliphatic hydroxyl groups is 1. The van der Waals surface area contributed by atoms with Crippen molar-refractivity contribution >= 4 is 0 Å². The van der Waals surface area contributed by atoms with Crippen molar-refractivity contribution in [2.45, 2.75) is 26.1 Å². The second-order valence-electron chi connectivity index (χ2n) is 5.75. The van der Waals surface area contributed by atoms with Crippen LogP contribution >= 0.6 is 0 Å². The molecule has 3 rings (SSSR count). The largest absolute Gasteiger partial charge is 0.455 e. The van der Waals surface area contributed by atoms with Gasteiger partial charge in [0.2, 0.25) is 0 Å². The van der Waals surface area contributed by atoms with Gasteiger partial charge in [0, 0.05) is 11.1 Å². The molecule has 23 heavy (non-hydrogen) atoms. The van der Waals surface area contributed by atoms with Crippen LogP contribution in [-0.4, -0.2) is 5.11 Å². The van der Waals surface area contributed by atoms with Gasteiger partial charge in [0.1, 0.15) is 18.8 Å². The molecule has 0 radical (unpaired) electrons. The summed E-state index contributed by atoms with van der Waals surface area (Å²) in [5.41, 5.74) is 3.26. The summed E-state index contributed by atoms with van der Waals surface area (Å²) in [5, 5.41) is 11.8. The monoisotopic (exact) mass is 308 g/mol. The lowest BCUT2D eigenvalue weighted by Crippen LogP contribution is -2.80. The summed E-state index contributed by atoms with van der Waals surface area (Å²) in [6.45, 7) is 3.53. The Morgan fingerprint density at radius 1 is 0.913 bits per heavy atom. The van der Waals surface area contributed by atoms with E-state index in [1.807, 2.05) is 42.5 Å². The molecule has 0 aliphatic rings. The first-order valence-corrected chi connectivity index (χ1v) is 7.95. The van der Waals surface area contributed by atoms with Crippen molar-refractivity contribution in [1.82, 2.24) is 0 Å². The summed E-state index contributed by atoms with van der Waals surface area (Å²) in [6.07, 6.45) is -0.441. The molecule has 2 aromatic carbocycles. The number of furan rings is 1. The van der Waals surface area contributed by atoms with Crippen LogP contribution in [-0.2, 0) is 13.1 Å². The average molecular weight is 308 g/mol. The van der Waals surface area contributed by atoms with Crippen LogP contribution in [0.4, 0.5) is 0 Å². The zero-order valence-electron chi connectivity index (χ0n) is 13.3. The highest BCUT2D eigenvalue weighted by Crippen LogP contribution is 2.23. The Kier molecular flexibility index (Phi) is 4.91. The maximum absolute atomic E-state index is 9.55. The van der Waals surface area contributed by atoms with E-state index >= 15 is 0 Å². The minimum atomic E-state index is -0.441. The molecule has 0 unspecified atom stereocenters. The molecular weight excluding hydrogens is 286 g/mol. The van der Waals surface area contributed by atoms with Gasteiger partial charge in [-0.05, 0) is 24.6 Å². The maximum atomic E-state index is 9.55. The topological polar surface area (TPSA) is 50.0 Å². The molecule has 0 bridgehead atoms. The van der Waals surface area contributed by atoms with E-state index in [0.29, 0.717) is 0 Å². The number of quaternary nitrogens is 1. The Labute approximate surface area is 136 Å². The molecule has 1 atom stereocenters. The fraction of sp³-hybridized carbons (Fsp3) is 0.200. The number of hydrogen-bond donors (Lipinski definition) is 2. The van der Waals surface area contributed by atoms with E-state index in [2.05, 4.69) is 29.6 Å². The second kappa shape index (κ2) is 7.27. The molecule has 0 fully saturated rings. The van der Waals surface area contributed by atoms with E-state index in [-0.39, 0.29) is 0 Å². The zero-order valence-corrected chi connectivity index (χ0v) is 13.3. The summed E-state index contributed by atoms with van der Waals surface area (Å²) >= 11 is 0. The van der Waals surface area contributed by atoms with E-state index in [4.69, 9.17) is 4.42 Å². The summed E-state index contributed by atoms with van der Waals surface area (Å²) in [7, 11) is 0. The van der Waals surface area contributed by atoms with E-state index in [1.165, 1.54) is 5.56 Å².